The first-order chi connectivity index (χ1) is 9.75. The van der Waals surface area contributed by atoms with E-state index in [1.54, 1.807) is 24.3 Å². The molecule has 1 fully saturated rings. The Morgan fingerprint density at radius 1 is 1.33 bits per heavy atom. The van der Waals surface area contributed by atoms with Crippen LogP contribution in [0.15, 0.2) is 33.6 Å². The third-order valence-electron chi connectivity index (χ3n) is 4.05. The molecule has 0 heterocycles. The second-order valence-electron chi connectivity index (χ2n) is 5.69. The lowest BCUT2D eigenvalue weighted by molar-refractivity contribution is 0.289. The molecular formula is C14H19BrN2O2S2. The zero-order chi connectivity index (χ0) is 15.7. The van der Waals surface area contributed by atoms with E-state index in [-0.39, 0.29) is 9.88 Å². The van der Waals surface area contributed by atoms with Crippen LogP contribution >= 0.6 is 28.1 Å². The first-order valence-corrected chi connectivity index (χ1v) is 9.53. The molecule has 0 radical (unpaired) electrons. The van der Waals surface area contributed by atoms with Crippen LogP contribution in [0, 0.1) is 5.92 Å². The SMILES string of the molecule is CC1CCC(NS(=O)(=O)c2ccc(Br)cc2)(C(N)=S)CC1. The highest BCUT2D eigenvalue weighted by Gasteiger charge is 2.40. The average molecular weight is 391 g/mol. The minimum absolute atomic E-state index is 0.222. The molecule has 0 unspecified atom stereocenters. The summed E-state index contributed by atoms with van der Waals surface area (Å²) in [4.78, 5) is 0.454. The van der Waals surface area contributed by atoms with E-state index < -0.39 is 15.6 Å². The van der Waals surface area contributed by atoms with Gasteiger partial charge in [-0.3, -0.25) is 0 Å². The number of thiocarbonyl (C=S) groups is 1. The van der Waals surface area contributed by atoms with Gasteiger partial charge in [-0.05, 0) is 55.9 Å². The molecule has 0 saturated heterocycles. The minimum Gasteiger partial charge on any atom is -0.392 e. The van der Waals surface area contributed by atoms with Crippen LogP contribution in [-0.4, -0.2) is 18.9 Å². The highest BCUT2D eigenvalue weighted by molar-refractivity contribution is 9.10. The molecule has 0 aliphatic heterocycles. The Morgan fingerprint density at radius 2 is 1.86 bits per heavy atom. The predicted molar refractivity (Wildman–Crippen MR) is 91.6 cm³/mol. The first kappa shape index (κ1) is 16.9. The Bertz CT molecular complexity index is 621. The van der Waals surface area contributed by atoms with Crippen LogP contribution in [0.25, 0.3) is 0 Å². The van der Waals surface area contributed by atoms with E-state index in [4.69, 9.17) is 18.0 Å². The summed E-state index contributed by atoms with van der Waals surface area (Å²) in [5.41, 5.74) is 5.06. The molecule has 116 valence electrons. The first-order valence-electron chi connectivity index (χ1n) is 6.85. The van der Waals surface area contributed by atoms with Gasteiger partial charge in [0, 0.05) is 4.47 Å². The second kappa shape index (κ2) is 6.32. The summed E-state index contributed by atoms with van der Waals surface area (Å²) in [6.07, 6.45) is 3.14. The number of nitrogens with two attached hydrogens (primary N) is 1. The summed E-state index contributed by atoms with van der Waals surface area (Å²) in [5, 5.41) is 0. The van der Waals surface area contributed by atoms with Crippen LogP contribution in [0.1, 0.15) is 32.6 Å². The molecule has 0 atom stereocenters. The molecule has 7 heteroatoms. The number of nitrogens with one attached hydrogen (secondary N) is 1. The van der Waals surface area contributed by atoms with Gasteiger partial charge in [0.15, 0.2) is 0 Å². The molecule has 0 amide bonds. The van der Waals surface area contributed by atoms with Gasteiger partial charge in [0.25, 0.3) is 0 Å². The predicted octanol–water partition coefficient (Wildman–Crippen LogP) is 2.96. The maximum Gasteiger partial charge on any atom is 0.241 e. The lowest BCUT2D eigenvalue weighted by Crippen LogP contribution is -2.58. The molecule has 1 aliphatic carbocycles. The van der Waals surface area contributed by atoms with Gasteiger partial charge >= 0.3 is 0 Å². The quantitative estimate of drug-likeness (QED) is 0.775. The van der Waals surface area contributed by atoms with Gasteiger partial charge in [-0.15, -0.1) is 0 Å². The number of benzene rings is 1. The fourth-order valence-electron chi connectivity index (χ4n) is 2.58. The molecule has 1 saturated carbocycles. The van der Waals surface area contributed by atoms with E-state index in [9.17, 15) is 8.42 Å². The topological polar surface area (TPSA) is 72.2 Å². The van der Waals surface area contributed by atoms with Gasteiger partial charge in [-0.2, -0.15) is 4.72 Å². The van der Waals surface area contributed by atoms with Crippen molar-refractivity contribution < 1.29 is 8.42 Å². The third-order valence-corrected chi connectivity index (χ3v) is 6.52. The van der Waals surface area contributed by atoms with Crippen LogP contribution in [0.2, 0.25) is 0 Å². The molecule has 3 N–H and O–H groups in total. The summed E-state index contributed by atoms with van der Waals surface area (Å²) >= 11 is 8.44. The van der Waals surface area contributed by atoms with Gasteiger partial charge < -0.3 is 5.73 Å². The van der Waals surface area contributed by atoms with Gasteiger partial charge in [0.1, 0.15) is 0 Å². The van der Waals surface area contributed by atoms with Gasteiger partial charge in [0.05, 0.1) is 15.4 Å². The Balaban J connectivity index is 2.28. The lowest BCUT2D eigenvalue weighted by Gasteiger charge is -2.38. The molecule has 0 spiro atoms. The number of hydrogen-bond acceptors (Lipinski definition) is 3. The van der Waals surface area contributed by atoms with E-state index in [0.29, 0.717) is 18.8 Å². The van der Waals surface area contributed by atoms with Crippen molar-refractivity contribution in [3.05, 3.63) is 28.7 Å². The highest BCUT2D eigenvalue weighted by atomic mass is 79.9. The van der Waals surface area contributed by atoms with E-state index in [1.165, 1.54) is 0 Å². The monoisotopic (exact) mass is 390 g/mol. The van der Waals surface area contributed by atoms with Crippen molar-refractivity contribution in [3.63, 3.8) is 0 Å². The molecule has 0 aromatic heterocycles. The molecule has 1 aromatic carbocycles. The van der Waals surface area contributed by atoms with Crippen molar-refractivity contribution >= 4 is 43.2 Å². The molecule has 1 aliphatic rings. The van der Waals surface area contributed by atoms with E-state index in [2.05, 4.69) is 27.6 Å². The van der Waals surface area contributed by atoms with E-state index in [1.807, 2.05) is 0 Å². The van der Waals surface area contributed by atoms with Crippen LogP contribution in [0.5, 0.6) is 0 Å². The van der Waals surface area contributed by atoms with Crippen LogP contribution in [-0.2, 0) is 10.0 Å². The lowest BCUT2D eigenvalue weighted by atomic mass is 9.78. The van der Waals surface area contributed by atoms with E-state index in [0.717, 1.165) is 17.3 Å². The van der Waals surface area contributed by atoms with Gasteiger partial charge in [0.2, 0.25) is 10.0 Å². The number of hydrogen-bond donors (Lipinski definition) is 2. The standard InChI is InChI=1S/C14H19BrN2O2S2/c1-10-6-8-14(9-7-10,13(16)20)17-21(18,19)12-4-2-11(15)3-5-12/h2-5,10,17H,6-9H2,1H3,(H2,16,20). The van der Waals surface area contributed by atoms with Gasteiger partial charge in [-0.1, -0.05) is 35.1 Å². The number of halogens is 1. The summed E-state index contributed by atoms with van der Waals surface area (Å²) < 4.78 is 28.7. The molecule has 21 heavy (non-hydrogen) atoms. The largest absolute Gasteiger partial charge is 0.392 e. The molecule has 4 nitrogen and oxygen atoms in total. The fraction of sp³-hybridized carbons (Fsp3) is 0.500. The Kier molecular flexibility index (Phi) is 5.07. The fourth-order valence-corrected chi connectivity index (χ4v) is 4.61. The molecule has 2 rings (SSSR count). The summed E-state index contributed by atoms with van der Waals surface area (Å²) in [6, 6.07) is 6.52. The van der Waals surface area contributed by atoms with Crippen molar-refractivity contribution in [2.45, 2.75) is 43.0 Å². The number of rotatable bonds is 4. The summed E-state index contributed by atoms with van der Waals surface area (Å²) in [5.74, 6) is 0.574. The van der Waals surface area contributed by atoms with E-state index >= 15 is 0 Å². The summed E-state index contributed by atoms with van der Waals surface area (Å²) in [7, 11) is -3.64. The zero-order valence-electron chi connectivity index (χ0n) is 11.8. The molecule has 1 aromatic rings. The Morgan fingerprint density at radius 3 is 2.33 bits per heavy atom. The van der Waals surface area contributed by atoms with Crippen LogP contribution in [0.3, 0.4) is 0 Å². The minimum atomic E-state index is -3.64. The summed E-state index contributed by atoms with van der Waals surface area (Å²) in [6.45, 7) is 2.16. The van der Waals surface area contributed by atoms with Crippen molar-refractivity contribution in [1.29, 1.82) is 0 Å². The zero-order valence-corrected chi connectivity index (χ0v) is 15.0. The smallest absolute Gasteiger partial charge is 0.241 e. The normalized spacial score (nSPS) is 26.5. The average Bonchev–Trinajstić information content (AvgIpc) is 2.41. The molecular weight excluding hydrogens is 372 g/mol. The Labute approximate surface area is 139 Å². The van der Waals surface area contributed by atoms with Crippen molar-refractivity contribution in [2.75, 3.05) is 0 Å². The van der Waals surface area contributed by atoms with Crippen molar-refractivity contribution in [3.8, 4) is 0 Å². The second-order valence-corrected chi connectivity index (χ2v) is 8.73. The number of sulfonamides is 1. The maximum absolute atomic E-state index is 12.6. The third kappa shape index (κ3) is 3.83. The Hall–Kier alpha value is -0.500. The van der Waals surface area contributed by atoms with Crippen LogP contribution < -0.4 is 10.5 Å². The maximum atomic E-state index is 12.6. The molecule has 0 bridgehead atoms. The highest BCUT2D eigenvalue weighted by Crippen LogP contribution is 2.33. The van der Waals surface area contributed by atoms with Crippen LogP contribution in [0.4, 0.5) is 0 Å². The van der Waals surface area contributed by atoms with Crippen molar-refractivity contribution in [1.82, 2.24) is 4.72 Å². The van der Waals surface area contributed by atoms with Crippen molar-refractivity contribution in [2.24, 2.45) is 11.7 Å². The van der Waals surface area contributed by atoms with Gasteiger partial charge in [-0.25, -0.2) is 8.42 Å².